The maximum absolute atomic E-state index is 14.1. The minimum Gasteiger partial charge on any atom is -0.496 e. The van der Waals surface area contributed by atoms with Crippen molar-refractivity contribution in [2.75, 3.05) is 27.4 Å². The Morgan fingerprint density at radius 3 is 2.05 bits per heavy atom. The van der Waals surface area contributed by atoms with Crippen LogP contribution in [-0.4, -0.2) is 50.8 Å². The van der Waals surface area contributed by atoms with Gasteiger partial charge in [0.1, 0.15) is 17.2 Å². The lowest BCUT2D eigenvalue weighted by Crippen LogP contribution is -2.31. The summed E-state index contributed by atoms with van der Waals surface area (Å²) in [4.78, 5) is 41.0. The molecule has 0 N–H and O–H groups in total. The second-order valence-electron chi connectivity index (χ2n) is 10.4. The van der Waals surface area contributed by atoms with Crippen LogP contribution in [0.1, 0.15) is 83.5 Å². The molecule has 8 nitrogen and oxygen atoms in total. The highest BCUT2D eigenvalue weighted by atomic mass is 16.7. The second kappa shape index (κ2) is 9.91. The summed E-state index contributed by atoms with van der Waals surface area (Å²) in [6.45, 7) is 10.1. The standard InChI is InChI=1S/C29H34O8/c1-8-29(35-13-14-36-29)12-11-17-16(2)15-18-21(26(17)37-27(32)28(3,4)5)25(31)23-20(34-7)10-9-19(33-6)22(23)24(18)30/h9-10,15H,8,11-14H2,1-7H3. The summed E-state index contributed by atoms with van der Waals surface area (Å²) < 4.78 is 28.6. The Balaban J connectivity index is 1.93. The quantitative estimate of drug-likeness (QED) is 0.330. The van der Waals surface area contributed by atoms with E-state index < -0.39 is 28.7 Å². The number of ether oxygens (including phenoxy) is 5. The molecule has 0 saturated carbocycles. The topological polar surface area (TPSA) is 97.4 Å². The molecule has 1 aliphatic heterocycles. The van der Waals surface area contributed by atoms with Crippen molar-refractivity contribution in [2.45, 2.75) is 59.7 Å². The first kappa shape index (κ1) is 26.8. The maximum Gasteiger partial charge on any atom is 0.316 e. The van der Waals surface area contributed by atoms with E-state index in [1.807, 2.05) is 13.8 Å². The summed E-state index contributed by atoms with van der Waals surface area (Å²) in [6.07, 6.45) is 1.57. The summed E-state index contributed by atoms with van der Waals surface area (Å²) in [5, 5.41) is 0. The van der Waals surface area contributed by atoms with E-state index in [2.05, 4.69) is 0 Å². The molecule has 2 aromatic rings. The van der Waals surface area contributed by atoms with Gasteiger partial charge in [0.25, 0.3) is 0 Å². The molecule has 1 saturated heterocycles. The van der Waals surface area contributed by atoms with Gasteiger partial charge in [-0.15, -0.1) is 0 Å². The molecule has 0 bridgehead atoms. The van der Waals surface area contributed by atoms with Crippen LogP contribution in [0.2, 0.25) is 0 Å². The SMILES string of the molecule is CCC1(CCc2c(C)cc3c(c2OC(=O)C(C)(C)C)C(=O)c2c(OC)ccc(OC)c2C3=O)OCCO1. The summed E-state index contributed by atoms with van der Waals surface area (Å²) >= 11 is 0. The number of ketones is 2. The Kier molecular flexibility index (Phi) is 7.18. The smallest absolute Gasteiger partial charge is 0.316 e. The van der Waals surface area contributed by atoms with E-state index in [1.165, 1.54) is 14.2 Å². The second-order valence-corrected chi connectivity index (χ2v) is 10.4. The van der Waals surface area contributed by atoms with Gasteiger partial charge in [-0.3, -0.25) is 14.4 Å². The van der Waals surface area contributed by atoms with Crippen molar-refractivity contribution in [1.29, 1.82) is 0 Å². The normalized spacial score (nSPS) is 16.3. The molecule has 0 aromatic heterocycles. The lowest BCUT2D eigenvalue weighted by atomic mass is 9.79. The van der Waals surface area contributed by atoms with Gasteiger partial charge in [0.2, 0.25) is 5.78 Å². The van der Waals surface area contributed by atoms with Crippen LogP contribution in [0.15, 0.2) is 18.2 Å². The fourth-order valence-corrected chi connectivity index (χ4v) is 4.85. The molecule has 198 valence electrons. The molecule has 1 heterocycles. The van der Waals surface area contributed by atoms with Crippen LogP contribution in [0.3, 0.4) is 0 Å². The van der Waals surface area contributed by atoms with E-state index in [4.69, 9.17) is 23.7 Å². The molecule has 2 aromatic carbocycles. The number of carbonyl (C=O) groups is 3. The minimum atomic E-state index is -0.837. The van der Waals surface area contributed by atoms with Gasteiger partial charge < -0.3 is 23.7 Å². The average molecular weight is 511 g/mol. The molecule has 0 amide bonds. The van der Waals surface area contributed by atoms with Crippen molar-refractivity contribution in [1.82, 2.24) is 0 Å². The first-order chi connectivity index (χ1) is 17.5. The van der Waals surface area contributed by atoms with E-state index in [0.717, 1.165) is 5.56 Å². The molecule has 0 atom stereocenters. The molecular weight excluding hydrogens is 476 g/mol. The highest BCUT2D eigenvalue weighted by Gasteiger charge is 2.41. The summed E-state index contributed by atoms with van der Waals surface area (Å²) in [7, 11) is 2.87. The molecule has 4 rings (SSSR count). The van der Waals surface area contributed by atoms with Gasteiger partial charge >= 0.3 is 5.97 Å². The van der Waals surface area contributed by atoms with Crippen LogP contribution in [0.25, 0.3) is 0 Å². The molecular formula is C29H34O8. The molecule has 1 fully saturated rings. The van der Waals surface area contributed by atoms with Crippen LogP contribution >= 0.6 is 0 Å². The third kappa shape index (κ3) is 4.64. The minimum absolute atomic E-state index is 0.0565. The highest BCUT2D eigenvalue weighted by Crippen LogP contribution is 2.44. The number of hydrogen-bond acceptors (Lipinski definition) is 8. The fourth-order valence-electron chi connectivity index (χ4n) is 4.85. The van der Waals surface area contributed by atoms with Crippen LogP contribution in [0, 0.1) is 12.3 Å². The van der Waals surface area contributed by atoms with E-state index >= 15 is 0 Å². The zero-order valence-corrected chi connectivity index (χ0v) is 22.5. The fraction of sp³-hybridized carbons (Fsp3) is 0.483. The number of fused-ring (bicyclic) bond motifs is 2. The van der Waals surface area contributed by atoms with Gasteiger partial charge in [0.05, 0.1) is 49.5 Å². The Morgan fingerprint density at radius 2 is 1.54 bits per heavy atom. The molecule has 8 heteroatoms. The van der Waals surface area contributed by atoms with Crippen molar-refractivity contribution in [3.05, 3.63) is 51.6 Å². The monoisotopic (exact) mass is 510 g/mol. The summed E-state index contributed by atoms with van der Waals surface area (Å²) in [6, 6.07) is 4.88. The van der Waals surface area contributed by atoms with E-state index in [0.29, 0.717) is 38.0 Å². The Labute approximate surface area is 217 Å². The van der Waals surface area contributed by atoms with Gasteiger partial charge in [-0.1, -0.05) is 6.92 Å². The third-order valence-corrected chi connectivity index (χ3v) is 7.02. The third-order valence-electron chi connectivity index (χ3n) is 7.02. The van der Waals surface area contributed by atoms with Crippen LogP contribution < -0.4 is 14.2 Å². The van der Waals surface area contributed by atoms with Crippen LogP contribution in [-0.2, 0) is 20.7 Å². The zero-order valence-electron chi connectivity index (χ0n) is 22.5. The van der Waals surface area contributed by atoms with Crippen molar-refractivity contribution in [3.63, 3.8) is 0 Å². The molecule has 0 unspecified atom stereocenters. The molecule has 0 radical (unpaired) electrons. The average Bonchev–Trinajstić information content (AvgIpc) is 3.34. The largest absolute Gasteiger partial charge is 0.496 e. The van der Waals surface area contributed by atoms with Crippen LogP contribution in [0.4, 0.5) is 0 Å². The molecule has 1 aliphatic carbocycles. The van der Waals surface area contributed by atoms with Gasteiger partial charge in [0, 0.05) is 12.0 Å². The predicted molar refractivity (Wildman–Crippen MR) is 136 cm³/mol. The number of benzene rings is 2. The molecule has 37 heavy (non-hydrogen) atoms. The number of aryl methyl sites for hydroxylation is 1. The van der Waals surface area contributed by atoms with Crippen molar-refractivity contribution in [3.8, 4) is 17.2 Å². The van der Waals surface area contributed by atoms with E-state index in [9.17, 15) is 14.4 Å². The maximum atomic E-state index is 14.1. The Hall–Kier alpha value is -3.23. The predicted octanol–water partition coefficient (Wildman–Crippen LogP) is 4.82. The van der Waals surface area contributed by atoms with Crippen molar-refractivity contribution >= 4 is 17.5 Å². The van der Waals surface area contributed by atoms with Gasteiger partial charge in [-0.2, -0.15) is 0 Å². The number of methoxy groups -OCH3 is 2. The van der Waals surface area contributed by atoms with E-state index in [1.54, 1.807) is 39.0 Å². The lowest BCUT2D eigenvalue weighted by molar-refractivity contribution is -0.163. The van der Waals surface area contributed by atoms with E-state index in [-0.39, 0.29) is 39.5 Å². The Bertz CT molecular complexity index is 1260. The first-order valence-corrected chi connectivity index (χ1v) is 12.5. The van der Waals surface area contributed by atoms with Gasteiger partial charge in [-0.05, 0) is 69.9 Å². The molecule has 2 aliphatic rings. The molecule has 0 spiro atoms. The zero-order chi connectivity index (χ0) is 27.1. The summed E-state index contributed by atoms with van der Waals surface area (Å²) in [5.41, 5.74) is 1.01. The van der Waals surface area contributed by atoms with Crippen molar-refractivity contribution in [2.24, 2.45) is 5.41 Å². The highest BCUT2D eigenvalue weighted by molar-refractivity contribution is 6.31. The number of rotatable bonds is 7. The number of esters is 1. The lowest BCUT2D eigenvalue weighted by Gasteiger charge is -2.29. The van der Waals surface area contributed by atoms with Crippen molar-refractivity contribution < 1.29 is 38.1 Å². The van der Waals surface area contributed by atoms with Gasteiger partial charge in [0.15, 0.2) is 11.6 Å². The summed E-state index contributed by atoms with van der Waals surface area (Å²) in [5.74, 6) is -1.48. The van der Waals surface area contributed by atoms with Crippen LogP contribution in [0.5, 0.6) is 17.2 Å². The first-order valence-electron chi connectivity index (χ1n) is 12.5. The number of carbonyl (C=O) groups excluding carboxylic acids is 3. The van der Waals surface area contributed by atoms with Gasteiger partial charge in [-0.25, -0.2) is 0 Å². The number of hydrogen-bond donors (Lipinski definition) is 0. The Morgan fingerprint density at radius 1 is 0.973 bits per heavy atom.